The van der Waals surface area contributed by atoms with Crippen LogP contribution in [-0.2, 0) is 9.53 Å². The Morgan fingerprint density at radius 1 is 1.57 bits per heavy atom. The largest absolute Gasteiger partial charge is 0.370 e. The molecule has 1 amide bonds. The Morgan fingerprint density at radius 2 is 2.43 bits per heavy atom. The zero-order valence-corrected chi connectivity index (χ0v) is 7.80. The highest BCUT2D eigenvalue weighted by molar-refractivity contribution is 6.30. The van der Waals surface area contributed by atoms with E-state index in [0.29, 0.717) is 17.9 Å². The summed E-state index contributed by atoms with van der Waals surface area (Å²) in [5.74, 6) is -0.246. The first-order valence-corrected chi connectivity index (χ1v) is 4.48. The second-order valence-electron chi connectivity index (χ2n) is 2.92. The third-order valence-electron chi connectivity index (χ3n) is 2.01. The van der Waals surface area contributed by atoms with Gasteiger partial charge in [0.25, 0.3) is 5.91 Å². The van der Waals surface area contributed by atoms with Gasteiger partial charge in [-0.3, -0.25) is 4.79 Å². The van der Waals surface area contributed by atoms with Gasteiger partial charge in [-0.1, -0.05) is 0 Å². The van der Waals surface area contributed by atoms with Gasteiger partial charge in [0, 0.05) is 6.61 Å². The van der Waals surface area contributed by atoms with E-state index in [0.717, 1.165) is 0 Å². The van der Waals surface area contributed by atoms with Crippen LogP contribution < -0.4 is 0 Å². The standard InChI is InChI=1S/C10H10N2O2/c1-2-14-7-3-4-9-8(5-7)10(13)12-6-11-9/h3-7H,2H2,1H3. The van der Waals surface area contributed by atoms with Crippen LogP contribution in [0.1, 0.15) is 6.92 Å². The normalized spacial score (nSPS) is 24.4. The molecule has 0 spiro atoms. The van der Waals surface area contributed by atoms with Crippen LogP contribution in [0.4, 0.5) is 0 Å². The van der Waals surface area contributed by atoms with E-state index < -0.39 is 0 Å². The summed E-state index contributed by atoms with van der Waals surface area (Å²) in [7, 11) is 0. The first kappa shape index (κ1) is 9.02. The quantitative estimate of drug-likeness (QED) is 0.649. The number of hydrogen-bond donors (Lipinski definition) is 0. The van der Waals surface area contributed by atoms with Crippen molar-refractivity contribution in [3.63, 3.8) is 0 Å². The van der Waals surface area contributed by atoms with Crippen molar-refractivity contribution >= 4 is 18.0 Å². The summed E-state index contributed by atoms with van der Waals surface area (Å²) in [4.78, 5) is 18.9. The molecule has 0 fully saturated rings. The molecule has 0 aromatic heterocycles. The summed E-state index contributed by atoms with van der Waals surface area (Å²) < 4.78 is 5.36. The van der Waals surface area contributed by atoms with E-state index in [1.807, 2.05) is 13.0 Å². The van der Waals surface area contributed by atoms with Crippen LogP contribution in [0.2, 0.25) is 0 Å². The first-order valence-electron chi connectivity index (χ1n) is 4.48. The fraction of sp³-hybridized carbons (Fsp3) is 0.300. The Labute approximate surface area is 81.7 Å². The Kier molecular flexibility index (Phi) is 2.37. The average Bonchev–Trinajstić information content (AvgIpc) is 2.20. The number of nitrogens with zero attached hydrogens (tertiary/aromatic N) is 2. The molecule has 2 aliphatic rings. The van der Waals surface area contributed by atoms with Gasteiger partial charge < -0.3 is 4.74 Å². The van der Waals surface area contributed by atoms with E-state index in [-0.39, 0.29) is 12.0 Å². The fourth-order valence-corrected chi connectivity index (χ4v) is 1.38. The molecule has 1 aliphatic carbocycles. The Morgan fingerprint density at radius 3 is 3.21 bits per heavy atom. The van der Waals surface area contributed by atoms with E-state index in [4.69, 9.17) is 4.74 Å². The van der Waals surface area contributed by atoms with Crippen LogP contribution in [-0.4, -0.2) is 30.7 Å². The minimum atomic E-state index is -0.246. The lowest BCUT2D eigenvalue weighted by Crippen LogP contribution is -2.21. The lowest BCUT2D eigenvalue weighted by molar-refractivity contribution is -0.113. The van der Waals surface area contributed by atoms with Gasteiger partial charge in [-0.2, -0.15) is 4.99 Å². The lowest BCUT2D eigenvalue weighted by Gasteiger charge is -2.16. The summed E-state index contributed by atoms with van der Waals surface area (Å²) in [6.45, 7) is 2.53. The molecule has 0 radical (unpaired) electrons. The number of ether oxygens (including phenoxy) is 1. The molecule has 14 heavy (non-hydrogen) atoms. The SMILES string of the molecule is CCOC1C=CC2=NC=NC(=O)C2=C1. The molecule has 1 heterocycles. The summed E-state index contributed by atoms with van der Waals surface area (Å²) in [6.07, 6.45) is 6.56. The Bertz CT molecular complexity index is 378. The van der Waals surface area contributed by atoms with Gasteiger partial charge in [0.05, 0.1) is 17.4 Å². The monoisotopic (exact) mass is 190 g/mol. The van der Waals surface area contributed by atoms with E-state index in [2.05, 4.69) is 9.98 Å². The smallest absolute Gasteiger partial charge is 0.280 e. The molecule has 2 rings (SSSR count). The van der Waals surface area contributed by atoms with Gasteiger partial charge in [0.15, 0.2) is 0 Å². The predicted molar refractivity (Wildman–Crippen MR) is 53.6 cm³/mol. The molecule has 1 aliphatic heterocycles. The maximum atomic E-state index is 11.3. The van der Waals surface area contributed by atoms with Crippen LogP contribution in [0.25, 0.3) is 0 Å². The number of amides is 1. The summed E-state index contributed by atoms with van der Waals surface area (Å²) in [5.41, 5.74) is 1.20. The van der Waals surface area contributed by atoms with Crippen LogP contribution in [0.3, 0.4) is 0 Å². The number of hydrogen-bond acceptors (Lipinski definition) is 3. The lowest BCUT2D eigenvalue weighted by atomic mass is 10.0. The highest BCUT2D eigenvalue weighted by Gasteiger charge is 2.21. The van der Waals surface area contributed by atoms with Crippen LogP contribution in [0.15, 0.2) is 33.8 Å². The Hall–Kier alpha value is -1.55. The van der Waals surface area contributed by atoms with Crippen LogP contribution in [0.5, 0.6) is 0 Å². The molecule has 0 saturated heterocycles. The number of carbonyl (C=O) groups excluding carboxylic acids is 1. The van der Waals surface area contributed by atoms with Crippen molar-refractivity contribution in [2.45, 2.75) is 13.0 Å². The van der Waals surface area contributed by atoms with E-state index in [1.54, 1.807) is 12.2 Å². The molecular formula is C10H10N2O2. The summed E-state index contributed by atoms with van der Waals surface area (Å²) in [6, 6.07) is 0. The Balaban J connectivity index is 2.27. The highest BCUT2D eigenvalue weighted by Crippen LogP contribution is 2.15. The van der Waals surface area contributed by atoms with Gasteiger partial charge in [-0.05, 0) is 25.2 Å². The zero-order chi connectivity index (χ0) is 9.97. The van der Waals surface area contributed by atoms with Crippen molar-refractivity contribution in [2.24, 2.45) is 9.98 Å². The number of carbonyl (C=O) groups is 1. The molecule has 1 unspecified atom stereocenters. The van der Waals surface area contributed by atoms with E-state index >= 15 is 0 Å². The number of fused-ring (bicyclic) bond motifs is 1. The second-order valence-corrected chi connectivity index (χ2v) is 2.92. The van der Waals surface area contributed by atoms with Crippen molar-refractivity contribution in [1.29, 1.82) is 0 Å². The molecule has 0 bridgehead atoms. The molecule has 0 aromatic rings. The summed E-state index contributed by atoms with van der Waals surface area (Å²) in [5, 5.41) is 0. The molecular weight excluding hydrogens is 180 g/mol. The topological polar surface area (TPSA) is 51.0 Å². The van der Waals surface area contributed by atoms with Crippen molar-refractivity contribution in [1.82, 2.24) is 0 Å². The molecule has 0 N–H and O–H groups in total. The minimum absolute atomic E-state index is 0.133. The molecule has 4 nitrogen and oxygen atoms in total. The third kappa shape index (κ3) is 1.56. The zero-order valence-electron chi connectivity index (χ0n) is 7.80. The van der Waals surface area contributed by atoms with Crippen LogP contribution in [0, 0.1) is 0 Å². The van der Waals surface area contributed by atoms with Crippen molar-refractivity contribution < 1.29 is 9.53 Å². The van der Waals surface area contributed by atoms with Crippen molar-refractivity contribution in [3.8, 4) is 0 Å². The maximum absolute atomic E-state index is 11.3. The fourth-order valence-electron chi connectivity index (χ4n) is 1.38. The predicted octanol–water partition coefficient (Wildman–Crippen LogP) is 0.897. The molecule has 72 valence electrons. The molecule has 0 aromatic carbocycles. The average molecular weight is 190 g/mol. The second kappa shape index (κ2) is 3.67. The first-order chi connectivity index (χ1) is 6.81. The highest BCUT2D eigenvalue weighted by atomic mass is 16.5. The molecule has 1 atom stereocenters. The summed E-state index contributed by atoms with van der Waals surface area (Å²) >= 11 is 0. The van der Waals surface area contributed by atoms with E-state index in [1.165, 1.54) is 6.34 Å². The van der Waals surface area contributed by atoms with Gasteiger partial charge in [0.1, 0.15) is 6.34 Å². The maximum Gasteiger partial charge on any atom is 0.280 e. The van der Waals surface area contributed by atoms with Gasteiger partial charge in [0.2, 0.25) is 0 Å². The molecule has 4 heteroatoms. The third-order valence-corrected chi connectivity index (χ3v) is 2.01. The number of rotatable bonds is 2. The molecule has 0 saturated carbocycles. The number of allylic oxidation sites excluding steroid dienone is 1. The van der Waals surface area contributed by atoms with Crippen molar-refractivity contribution in [3.05, 3.63) is 23.8 Å². The minimum Gasteiger partial charge on any atom is -0.370 e. The van der Waals surface area contributed by atoms with Gasteiger partial charge in [-0.15, -0.1) is 0 Å². The number of aliphatic imine (C=N–C) groups is 2. The van der Waals surface area contributed by atoms with Crippen LogP contribution >= 0.6 is 0 Å². The van der Waals surface area contributed by atoms with Crippen molar-refractivity contribution in [2.75, 3.05) is 6.61 Å². The van der Waals surface area contributed by atoms with Gasteiger partial charge >= 0.3 is 0 Å². The van der Waals surface area contributed by atoms with E-state index in [9.17, 15) is 4.79 Å². The van der Waals surface area contributed by atoms with Gasteiger partial charge in [-0.25, -0.2) is 4.99 Å².